The van der Waals surface area contributed by atoms with E-state index in [9.17, 15) is 19.1 Å². The number of amides is 1. The molecule has 1 aliphatic heterocycles. The van der Waals surface area contributed by atoms with E-state index in [0.29, 0.717) is 36.6 Å². The Hall–Kier alpha value is -3.92. The monoisotopic (exact) mass is 519 g/mol. The number of rotatable bonds is 6. The lowest BCUT2D eigenvalue weighted by Crippen LogP contribution is -2.38. The highest BCUT2D eigenvalue weighted by Crippen LogP contribution is 2.32. The zero-order valence-electron chi connectivity index (χ0n) is 20.5. The molecule has 10 heteroatoms. The van der Waals surface area contributed by atoms with E-state index in [0.717, 1.165) is 17.5 Å². The summed E-state index contributed by atoms with van der Waals surface area (Å²) in [6.07, 6.45) is 2.33. The minimum absolute atomic E-state index is 0.0906. The molecule has 4 aromatic rings. The van der Waals surface area contributed by atoms with Crippen LogP contribution in [0.5, 0.6) is 5.88 Å². The molecule has 8 nitrogen and oxygen atoms in total. The van der Waals surface area contributed by atoms with Crippen LogP contribution in [0.25, 0.3) is 10.8 Å². The van der Waals surface area contributed by atoms with Crippen molar-refractivity contribution in [2.24, 2.45) is 0 Å². The van der Waals surface area contributed by atoms with E-state index in [-0.39, 0.29) is 17.3 Å². The van der Waals surface area contributed by atoms with Gasteiger partial charge in [0.25, 0.3) is 11.5 Å². The normalized spacial score (nSPS) is 16.2. The number of hydrogen-bond donors (Lipinski definition) is 1. The number of halogens is 1. The molecule has 0 saturated carbocycles. The van der Waals surface area contributed by atoms with Gasteiger partial charge in [-0.2, -0.15) is 4.98 Å². The van der Waals surface area contributed by atoms with Gasteiger partial charge in [0.15, 0.2) is 16.4 Å². The van der Waals surface area contributed by atoms with Crippen molar-refractivity contribution in [3.63, 3.8) is 0 Å². The maximum absolute atomic E-state index is 14.0. The Kier molecular flexibility index (Phi) is 6.84. The van der Waals surface area contributed by atoms with E-state index < -0.39 is 29.2 Å². The fraction of sp³-hybridized carbons (Fsp3) is 0.296. The molecule has 37 heavy (non-hydrogen) atoms. The number of aromatic nitrogens is 4. The standard InChI is InChI=1S/C27H26FN5O3S/c1-3-21(17-7-5-4-6-8-17)33-23(25-30-16(2)15-37-25)31-24(34)22(27(33)36)26(35)32-12-11-18(14-32)20-10-9-19(28)13-29-20/h4-10,13,15,18,21,34H,3,11-12,14H2,1-2H3/t18?,21-/m0/s1. The Bertz CT molecular complexity index is 1490. The first kappa shape index (κ1) is 24.8. The van der Waals surface area contributed by atoms with Crippen LogP contribution in [-0.4, -0.2) is 48.5 Å². The molecule has 0 aliphatic carbocycles. The van der Waals surface area contributed by atoms with Crippen molar-refractivity contribution in [1.29, 1.82) is 0 Å². The molecule has 5 rings (SSSR count). The molecule has 1 amide bonds. The lowest BCUT2D eigenvalue weighted by Gasteiger charge is -2.23. The summed E-state index contributed by atoms with van der Waals surface area (Å²) in [5.74, 6) is -1.49. The Labute approximate surface area is 217 Å². The molecule has 1 aromatic carbocycles. The van der Waals surface area contributed by atoms with Crippen molar-refractivity contribution >= 4 is 17.2 Å². The van der Waals surface area contributed by atoms with Crippen molar-refractivity contribution in [2.75, 3.05) is 13.1 Å². The van der Waals surface area contributed by atoms with Crippen LogP contribution < -0.4 is 5.56 Å². The van der Waals surface area contributed by atoms with E-state index in [1.165, 1.54) is 26.9 Å². The third-order valence-corrected chi connectivity index (χ3v) is 7.60. The van der Waals surface area contributed by atoms with Gasteiger partial charge in [0.1, 0.15) is 5.82 Å². The van der Waals surface area contributed by atoms with E-state index in [4.69, 9.17) is 0 Å². The number of aromatic hydroxyl groups is 1. The second kappa shape index (κ2) is 10.2. The van der Waals surface area contributed by atoms with Crippen molar-refractivity contribution < 1.29 is 14.3 Å². The summed E-state index contributed by atoms with van der Waals surface area (Å²) in [7, 11) is 0. The van der Waals surface area contributed by atoms with Crippen molar-refractivity contribution in [2.45, 2.75) is 38.6 Å². The summed E-state index contributed by atoms with van der Waals surface area (Å²) in [6, 6.07) is 12.1. The highest BCUT2D eigenvalue weighted by Gasteiger charge is 2.34. The predicted octanol–water partition coefficient (Wildman–Crippen LogP) is 4.54. The van der Waals surface area contributed by atoms with Gasteiger partial charge in [0.05, 0.1) is 12.2 Å². The molecule has 2 atom stereocenters. The van der Waals surface area contributed by atoms with Gasteiger partial charge in [0.2, 0.25) is 5.88 Å². The third kappa shape index (κ3) is 4.76. The minimum atomic E-state index is -0.612. The van der Waals surface area contributed by atoms with E-state index >= 15 is 0 Å². The smallest absolute Gasteiger partial charge is 0.271 e. The summed E-state index contributed by atoms with van der Waals surface area (Å²) in [6.45, 7) is 4.48. The second-order valence-corrected chi connectivity index (χ2v) is 9.93. The number of pyridine rings is 1. The number of carbonyl (C=O) groups excluding carboxylic acids is 1. The topological polar surface area (TPSA) is 101 Å². The minimum Gasteiger partial charge on any atom is -0.493 e. The number of carbonyl (C=O) groups is 1. The molecule has 3 aromatic heterocycles. The van der Waals surface area contributed by atoms with Gasteiger partial charge in [-0.15, -0.1) is 11.3 Å². The SMILES string of the molecule is CC[C@@H](c1ccccc1)n1c(-c2nc(C)cs2)nc(O)c(C(=O)N2CCC(c3ccc(F)cn3)C2)c1=O. The van der Waals surface area contributed by atoms with Gasteiger partial charge in [0, 0.05) is 35.8 Å². The zero-order chi connectivity index (χ0) is 26.1. The molecule has 0 spiro atoms. The van der Waals surface area contributed by atoms with Crippen molar-refractivity contribution in [1.82, 2.24) is 24.4 Å². The molecule has 0 radical (unpaired) electrons. The number of likely N-dealkylation sites (tertiary alicyclic amines) is 1. The molecule has 190 valence electrons. The lowest BCUT2D eigenvalue weighted by atomic mass is 10.0. The van der Waals surface area contributed by atoms with Gasteiger partial charge in [-0.25, -0.2) is 9.37 Å². The van der Waals surface area contributed by atoms with E-state index in [2.05, 4.69) is 15.0 Å². The van der Waals surface area contributed by atoms with Crippen LogP contribution in [-0.2, 0) is 0 Å². The molecule has 1 N–H and O–H groups in total. The first-order valence-corrected chi connectivity index (χ1v) is 13.0. The maximum Gasteiger partial charge on any atom is 0.271 e. The zero-order valence-corrected chi connectivity index (χ0v) is 21.3. The second-order valence-electron chi connectivity index (χ2n) is 9.08. The fourth-order valence-corrected chi connectivity index (χ4v) is 5.60. The van der Waals surface area contributed by atoms with Crippen LogP contribution in [0.3, 0.4) is 0 Å². The molecule has 1 aliphatic rings. The summed E-state index contributed by atoms with van der Waals surface area (Å²) >= 11 is 1.32. The molecular weight excluding hydrogens is 493 g/mol. The van der Waals surface area contributed by atoms with Gasteiger partial charge in [-0.1, -0.05) is 37.3 Å². The first-order chi connectivity index (χ1) is 17.9. The number of nitrogens with zero attached hydrogens (tertiary/aromatic N) is 5. The van der Waals surface area contributed by atoms with Gasteiger partial charge in [-0.05, 0) is 37.5 Å². The van der Waals surface area contributed by atoms with E-state index in [1.54, 1.807) is 6.07 Å². The Balaban J connectivity index is 1.57. The average molecular weight is 520 g/mol. The van der Waals surface area contributed by atoms with E-state index in [1.807, 2.05) is 49.6 Å². The van der Waals surface area contributed by atoms with Gasteiger partial charge in [-0.3, -0.25) is 19.1 Å². The molecule has 1 fully saturated rings. The summed E-state index contributed by atoms with van der Waals surface area (Å²) in [5.41, 5.74) is 1.36. The molecule has 1 saturated heterocycles. The van der Waals surface area contributed by atoms with Gasteiger partial charge >= 0.3 is 0 Å². The number of hydrogen-bond acceptors (Lipinski definition) is 7. The summed E-state index contributed by atoms with van der Waals surface area (Å²) < 4.78 is 14.8. The molecule has 0 bridgehead atoms. The molecule has 4 heterocycles. The first-order valence-electron chi connectivity index (χ1n) is 12.1. The van der Waals surface area contributed by atoms with Gasteiger partial charge < -0.3 is 10.0 Å². The molecule has 1 unspecified atom stereocenters. The average Bonchev–Trinajstić information content (AvgIpc) is 3.56. The largest absolute Gasteiger partial charge is 0.493 e. The Morgan fingerprint density at radius 3 is 2.65 bits per heavy atom. The Morgan fingerprint density at radius 2 is 2.00 bits per heavy atom. The fourth-order valence-electron chi connectivity index (χ4n) is 4.82. The number of thiazole rings is 1. The van der Waals surface area contributed by atoms with Crippen molar-refractivity contribution in [3.05, 3.63) is 92.7 Å². The Morgan fingerprint density at radius 1 is 1.22 bits per heavy atom. The third-order valence-electron chi connectivity index (χ3n) is 6.65. The van der Waals surface area contributed by atoms with Crippen molar-refractivity contribution in [3.8, 4) is 16.7 Å². The quantitative estimate of drug-likeness (QED) is 0.401. The van der Waals surface area contributed by atoms with Crippen LogP contribution in [0.15, 0.2) is 58.8 Å². The van der Waals surface area contributed by atoms with Crippen LogP contribution >= 0.6 is 11.3 Å². The highest BCUT2D eigenvalue weighted by molar-refractivity contribution is 7.13. The number of aryl methyl sites for hydroxylation is 1. The maximum atomic E-state index is 14.0. The van der Waals surface area contributed by atoms with Crippen LogP contribution in [0.1, 0.15) is 59.0 Å². The summed E-state index contributed by atoms with van der Waals surface area (Å²) in [5, 5.41) is 13.2. The van der Waals surface area contributed by atoms with Crippen LogP contribution in [0.4, 0.5) is 4.39 Å². The van der Waals surface area contributed by atoms with Crippen LogP contribution in [0.2, 0.25) is 0 Å². The number of benzene rings is 1. The van der Waals surface area contributed by atoms with Crippen LogP contribution in [0, 0.1) is 12.7 Å². The summed E-state index contributed by atoms with van der Waals surface area (Å²) in [4.78, 5) is 42.1. The molecular formula is C27H26FN5O3S. The predicted molar refractivity (Wildman–Crippen MR) is 138 cm³/mol. The highest BCUT2D eigenvalue weighted by atomic mass is 32.1. The lowest BCUT2D eigenvalue weighted by molar-refractivity contribution is 0.0784.